The van der Waals surface area contributed by atoms with Crippen molar-refractivity contribution < 1.29 is 8.42 Å². The summed E-state index contributed by atoms with van der Waals surface area (Å²) in [6.07, 6.45) is 0. The Morgan fingerprint density at radius 3 is 1.88 bits per heavy atom. The lowest BCUT2D eigenvalue weighted by Gasteiger charge is -2.25. The van der Waals surface area contributed by atoms with E-state index in [9.17, 15) is 8.42 Å². The summed E-state index contributed by atoms with van der Waals surface area (Å²) < 4.78 is 28.2. The van der Waals surface area contributed by atoms with Gasteiger partial charge in [-0.2, -0.15) is 0 Å². The van der Waals surface area contributed by atoms with Gasteiger partial charge in [-0.25, -0.2) is 8.42 Å². The van der Waals surface area contributed by atoms with Crippen molar-refractivity contribution in [1.82, 2.24) is 0 Å². The third-order valence-electron chi connectivity index (χ3n) is 4.34. The van der Waals surface area contributed by atoms with E-state index in [1.165, 1.54) is 4.31 Å². The Morgan fingerprint density at radius 2 is 1.31 bits per heavy atom. The van der Waals surface area contributed by atoms with Crippen LogP contribution in [0.1, 0.15) is 22.3 Å². The van der Waals surface area contributed by atoms with Gasteiger partial charge in [0.05, 0.1) is 17.1 Å². The zero-order valence-corrected chi connectivity index (χ0v) is 16.1. The van der Waals surface area contributed by atoms with Crippen molar-refractivity contribution in [3.8, 4) is 0 Å². The molecule has 0 fully saturated rings. The van der Waals surface area contributed by atoms with E-state index in [2.05, 4.69) is 0 Å². The van der Waals surface area contributed by atoms with Crippen LogP contribution in [0, 0.1) is 20.8 Å². The lowest BCUT2D eigenvalue weighted by atomic mass is 10.1. The van der Waals surface area contributed by atoms with Gasteiger partial charge in [-0.05, 0) is 50.6 Å². The van der Waals surface area contributed by atoms with Gasteiger partial charge in [0.15, 0.2) is 0 Å². The molecular formula is C22H23NO2S. The normalized spacial score (nSPS) is 11.3. The van der Waals surface area contributed by atoms with Crippen molar-refractivity contribution in [2.24, 2.45) is 0 Å². The maximum atomic E-state index is 13.3. The minimum atomic E-state index is -3.66. The highest BCUT2D eigenvalue weighted by atomic mass is 32.2. The monoisotopic (exact) mass is 365 g/mol. The summed E-state index contributed by atoms with van der Waals surface area (Å²) in [7, 11) is -3.66. The summed E-state index contributed by atoms with van der Waals surface area (Å²) in [5, 5.41) is 0. The van der Waals surface area contributed by atoms with E-state index in [-0.39, 0.29) is 0 Å². The smallest absolute Gasteiger partial charge is 0.262 e. The van der Waals surface area contributed by atoms with Crippen molar-refractivity contribution >= 4 is 15.7 Å². The third kappa shape index (κ3) is 3.97. The number of anilines is 1. The zero-order valence-electron chi connectivity index (χ0n) is 15.3. The summed E-state index contributed by atoms with van der Waals surface area (Å²) in [5.41, 5.74) is 4.86. The Kier molecular flexibility index (Phi) is 5.14. The van der Waals surface area contributed by atoms with Crippen LogP contribution in [0.15, 0.2) is 77.7 Å². The first-order valence-electron chi connectivity index (χ1n) is 8.58. The molecule has 0 unspecified atom stereocenters. The molecule has 0 aliphatic heterocycles. The first-order valence-corrected chi connectivity index (χ1v) is 10.0. The highest BCUT2D eigenvalue weighted by molar-refractivity contribution is 7.92. The van der Waals surface area contributed by atoms with Crippen molar-refractivity contribution in [1.29, 1.82) is 0 Å². The Bertz CT molecular complexity index is 991. The quantitative estimate of drug-likeness (QED) is 0.637. The molecule has 0 amide bonds. The van der Waals surface area contributed by atoms with Gasteiger partial charge in [0.25, 0.3) is 10.0 Å². The largest absolute Gasteiger partial charge is 0.264 e. The number of rotatable bonds is 5. The Hall–Kier alpha value is -2.59. The molecule has 3 aromatic carbocycles. The minimum absolute atomic E-state index is 0.293. The molecule has 3 aromatic rings. The maximum Gasteiger partial charge on any atom is 0.264 e. The predicted molar refractivity (Wildman–Crippen MR) is 107 cm³/mol. The van der Waals surface area contributed by atoms with Crippen LogP contribution in [0.25, 0.3) is 0 Å². The molecule has 4 heteroatoms. The lowest BCUT2D eigenvalue weighted by molar-refractivity contribution is 0.590. The highest BCUT2D eigenvalue weighted by Crippen LogP contribution is 2.26. The van der Waals surface area contributed by atoms with Crippen LogP contribution in [-0.4, -0.2) is 8.42 Å². The van der Waals surface area contributed by atoms with Gasteiger partial charge in [0.1, 0.15) is 0 Å². The van der Waals surface area contributed by atoms with Crippen molar-refractivity contribution in [3.05, 3.63) is 95.1 Å². The lowest BCUT2D eigenvalue weighted by Crippen LogP contribution is -2.30. The molecular weight excluding hydrogens is 342 g/mol. The molecule has 0 atom stereocenters. The second kappa shape index (κ2) is 7.34. The van der Waals surface area contributed by atoms with E-state index >= 15 is 0 Å². The molecule has 0 radical (unpaired) electrons. The molecule has 0 saturated carbocycles. The van der Waals surface area contributed by atoms with E-state index in [0.717, 1.165) is 22.3 Å². The Balaban J connectivity index is 2.07. The molecule has 0 bridgehead atoms. The first-order chi connectivity index (χ1) is 12.4. The van der Waals surface area contributed by atoms with Crippen molar-refractivity contribution in [2.75, 3.05) is 4.31 Å². The fourth-order valence-corrected chi connectivity index (χ4v) is 4.29. The van der Waals surface area contributed by atoms with Crippen molar-refractivity contribution in [3.63, 3.8) is 0 Å². The predicted octanol–water partition coefficient (Wildman–Crippen LogP) is 5.01. The summed E-state index contributed by atoms with van der Waals surface area (Å²) in [6.45, 7) is 6.24. The van der Waals surface area contributed by atoms with Crippen LogP contribution in [0.5, 0.6) is 0 Å². The Morgan fingerprint density at radius 1 is 0.731 bits per heavy atom. The van der Waals surface area contributed by atoms with Gasteiger partial charge in [-0.3, -0.25) is 4.31 Å². The number of aryl methyl sites for hydroxylation is 3. The summed E-state index contributed by atoms with van der Waals surface area (Å²) in [4.78, 5) is 0.302. The number of hydrogen-bond acceptors (Lipinski definition) is 2. The van der Waals surface area contributed by atoms with E-state index in [0.29, 0.717) is 17.1 Å². The van der Waals surface area contributed by atoms with E-state index in [1.54, 1.807) is 12.1 Å². The van der Waals surface area contributed by atoms with Crippen LogP contribution >= 0.6 is 0 Å². The summed E-state index contributed by atoms with van der Waals surface area (Å²) in [6, 6.07) is 22.5. The second-order valence-corrected chi connectivity index (χ2v) is 8.51. The average molecular weight is 365 g/mol. The highest BCUT2D eigenvalue weighted by Gasteiger charge is 2.25. The van der Waals surface area contributed by atoms with Crippen LogP contribution in [0.3, 0.4) is 0 Å². The van der Waals surface area contributed by atoms with Crippen molar-refractivity contribution in [2.45, 2.75) is 32.2 Å². The third-order valence-corrected chi connectivity index (χ3v) is 6.13. The fraction of sp³-hybridized carbons (Fsp3) is 0.182. The topological polar surface area (TPSA) is 37.4 Å². The summed E-state index contributed by atoms with van der Waals surface area (Å²) in [5.74, 6) is 0. The average Bonchev–Trinajstić information content (AvgIpc) is 2.61. The fourth-order valence-electron chi connectivity index (χ4n) is 2.84. The molecule has 0 spiro atoms. The Labute approximate surface area is 156 Å². The molecule has 134 valence electrons. The molecule has 0 aliphatic carbocycles. The number of sulfonamides is 1. The number of nitrogens with zero attached hydrogens (tertiary/aromatic N) is 1. The maximum absolute atomic E-state index is 13.3. The molecule has 3 nitrogen and oxygen atoms in total. The van der Waals surface area contributed by atoms with Gasteiger partial charge in [-0.15, -0.1) is 0 Å². The van der Waals surface area contributed by atoms with Crippen LogP contribution in [0.2, 0.25) is 0 Å². The molecule has 3 rings (SSSR count). The molecule has 0 heterocycles. The molecule has 0 aromatic heterocycles. The first kappa shape index (κ1) is 18.2. The number of benzene rings is 3. The molecule has 0 saturated heterocycles. The SMILES string of the molecule is Cc1ccc(N(Cc2cccc(C)c2)S(=O)(=O)c2ccc(C)cc2)cc1. The van der Waals surface area contributed by atoms with Gasteiger partial charge >= 0.3 is 0 Å². The van der Waals surface area contributed by atoms with Gasteiger partial charge in [-0.1, -0.05) is 65.2 Å². The van der Waals surface area contributed by atoms with Crippen LogP contribution in [0.4, 0.5) is 5.69 Å². The van der Waals surface area contributed by atoms with Crippen LogP contribution in [-0.2, 0) is 16.6 Å². The van der Waals surface area contributed by atoms with Gasteiger partial charge in [0.2, 0.25) is 0 Å². The van der Waals surface area contributed by atoms with Crippen LogP contribution < -0.4 is 4.31 Å². The van der Waals surface area contributed by atoms with E-state index < -0.39 is 10.0 Å². The zero-order chi connectivity index (χ0) is 18.7. The minimum Gasteiger partial charge on any atom is -0.262 e. The molecule has 26 heavy (non-hydrogen) atoms. The standard InChI is InChI=1S/C22H23NO2S/c1-17-7-11-21(12-8-17)23(16-20-6-4-5-19(3)15-20)26(24,25)22-13-9-18(2)10-14-22/h4-15H,16H2,1-3H3. The molecule has 0 N–H and O–H groups in total. The van der Waals surface area contributed by atoms with Gasteiger partial charge < -0.3 is 0 Å². The second-order valence-electron chi connectivity index (χ2n) is 6.65. The number of hydrogen-bond donors (Lipinski definition) is 0. The van der Waals surface area contributed by atoms with Gasteiger partial charge in [0, 0.05) is 0 Å². The molecule has 0 aliphatic rings. The van der Waals surface area contributed by atoms with E-state index in [4.69, 9.17) is 0 Å². The summed E-state index contributed by atoms with van der Waals surface area (Å²) >= 11 is 0. The van der Waals surface area contributed by atoms with E-state index in [1.807, 2.05) is 81.4 Å².